The average Bonchev–Trinajstić information content (AvgIpc) is 2.65. The van der Waals surface area contributed by atoms with E-state index in [4.69, 9.17) is 5.26 Å². The van der Waals surface area contributed by atoms with Gasteiger partial charge < -0.3 is 10.6 Å². The molecule has 0 spiro atoms. The van der Waals surface area contributed by atoms with Crippen molar-refractivity contribution in [3.8, 4) is 6.07 Å². The van der Waals surface area contributed by atoms with Gasteiger partial charge in [0.25, 0.3) is 0 Å². The molecule has 96 valence electrons. The van der Waals surface area contributed by atoms with Crippen molar-refractivity contribution >= 4 is 11.6 Å². The van der Waals surface area contributed by atoms with Crippen LogP contribution in [0, 0.1) is 11.3 Å². The molecule has 0 saturated heterocycles. The molecule has 1 aliphatic carbocycles. The fourth-order valence-electron chi connectivity index (χ4n) is 2.30. The van der Waals surface area contributed by atoms with Gasteiger partial charge in [-0.2, -0.15) is 5.26 Å². The summed E-state index contributed by atoms with van der Waals surface area (Å²) < 4.78 is 0. The van der Waals surface area contributed by atoms with Gasteiger partial charge in [0.1, 0.15) is 24.5 Å². The number of nitrogens with one attached hydrogen (secondary N) is 2. The second-order valence-electron chi connectivity index (χ2n) is 4.63. The van der Waals surface area contributed by atoms with E-state index in [-0.39, 0.29) is 6.54 Å². The molecule has 1 fully saturated rings. The molecule has 0 unspecified atom stereocenters. The van der Waals surface area contributed by atoms with Gasteiger partial charge in [0.2, 0.25) is 0 Å². The molecule has 2 N–H and O–H groups in total. The standard InChI is InChI=1S/C13H19N5/c14-7-8-15-12-9-13(17-10-16-12)18-11-5-3-1-2-4-6-11/h9-11H,1-6,8H2,(H2,15,16,17,18). The Morgan fingerprint density at radius 2 is 1.89 bits per heavy atom. The van der Waals surface area contributed by atoms with Gasteiger partial charge in [0.05, 0.1) is 6.07 Å². The van der Waals surface area contributed by atoms with Crippen molar-refractivity contribution < 1.29 is 0 Å². The van der Waals surface area contributed by atoms with Gasteiger partial charge in [-0.3, -0.25) is 0 Å². The number of rotatable bonds is 4. The number of aromatic nitrogens is 2. The summed E-state index contributed by atoms with van der Waals surface area (Å²) in [7, 11) is 0. The van der Waals surface area contributed by atoms with Crippen molar-refractivity contribution in [3.63, 3.8) is 0 Å². The summed E-state index contributed by atoms with van der Waals surface area (Å²) in [6.07, 6.45) is 9.23. The summed E-state index contributed by atoms with van der Waals surface area (Å²) in [5, 5.41) is 14.9. The Labute approximate surface area is 108 Å². The Morgan fingerprint density at radius 1 is 1.17 bits per heavy atom. The van der Waals surface area contributed by atoms with Crippen molar-refractivity contribution in [2.45, 2.75) is 44.6 Å². The highest BCUT2D eigenvalue weighted by Gasteiger charge is 2.12. The molecule has 2 rings (SSSR count). The maximum absolute atomic E-state index is 8.52. The molecule has 5 heteroatoms. The molecule has 1 heterocycles. The summed E-state index contributed by atoms with van der Waals surface area (Å²) in [4.78, 5) is 8.30. The van der Waals surface area contributed by atoms with E-state index in [2.05, 4.69) is 20.6 Å². The van der Waals surface area contributed by atoms with Crippen molar-refractivity contribution in [3.05, 3.63) is 12.4 Å². The maximum Gasteiger partial charge on any atom is 0.132 e. The average molecular weight is 245 g/mol. The van der Waals surface area contributed by atoms with E-state index < -0.39 is 0 Å². The van der Waals surface area contributed by atoms with Gasteiger partial charge >= 0.3 is 0 Å². The normalized spacial score (nSPS) is 16.6. The third-order valence-corrected chi connectivity index (χ3v) is 3.22. The molecule has 0 bridgehead atoms. The quantitative estimate of drug-likeness (QED) is 0.630. The van der Waals surface area contributed by atoms with Gasteiger partial charge in [-0.1, -0.05) is 25.7 Å². The van der Waals surface area contributed by atoms with Crippen LogP contribution in [0.3, 0.4) is 0 Å². The van der Waals surface area contributed by atoms with Crippen LogP contribution in [-0.2, 0) is 0 Å². The third kappa shape index (κ3) is 3.88. The molecule has 0 atom stereocenters. The Hall–Kier alpha value is -1.83. The highest BCUT2D eigenvalue weighted by molar-refractivity contribution is 5.47. The van der Waals surface area contributed by atoms with Crippen LogP contribution >= 0.6 is 0 Å². The zero-order valence-corrected chi connectivity index (χ0v) is 10.5. The Bertz CT molecular complexity index is 404. The van der Waals surface area contributed by atoms with Crippen LogP contribution in [0.2, 0.25) is 0 Å². The first-order valence-corrected chi connectivity index (χ1v) is 6.58. The van der Waals surface area contributed by atoms with Crippen LogP contribution in [0.15, 0.2) is 12.4 Å². The number of nitriles is 1. The van der Waals surface area contributed by atoms with E-state index >= 15 is 0 Å². The Morgan fingerprint density at radius 3 is 2.61 bits per heavy atom. The molecule has 1 aromatic heterocycles. The first-order valence-electron chi connectivity index (χ1n) is 6.58. The first kappa shape index (κ1) is 12.6. The summed E-state index contributed by atoms with van der Waals surface area (Å²) in [5.41, 5.74) is 0. The van der Waals surface area contributed by atoms with Gasteiger partial charge in [0, 0.05) is 12.1 Å². The molecule has 1 saturated carbocycles. The molecule has 1 aliphatic rings. The molecular formula is C13H19N5. The van der Waals surface area contributed by atoms with Gasteiger partial charge in [-0.15, -0.1) is 0 Å². The van der Waals surface area contributed by atoms with E-state index in [1.807, 2.05) is 12.1 Å². The second kappa shape index (κ2) is 6.80. The monoisotopic (exact) mass is 245 g/mol. The third-order valence-electron chi connectivity index (χ3n) is 3.22. The van der Waals surface area contributed by atoms with E-state index in [0.717, 1.165) is 5.82 Å². The summed E-state index contributed by atoms with van der Waals surface area (Å²) in [6, 6.07) is 4.42. The van der Waals surface area contributed by atoms with Crippen LogP contribution in [0.1, 0.15) is 38.5 Å². The van der Waals surface area contributed by atoms with E-state index in [1.54, 1.807) is 0 Å². The topological polar surface area (TPSA) is 73.6 Å². The van der Waals surface area contributed by atoms with Crippen molar-refractivity contribution in [2.24, 2.45) is 0 Å². The van der Waals surface area contributed by atoms with Gasteiger partial charge in [-0.05, 0) is 12.8 Å². The van der Waals surface area contributed by atoms with Crippen LogP contribution in [0.5, 0.6) is 0 Å². The number of hydrogen-bond donors (Lipinski definition) is 2. The minimum absolute atomic E-state index is 0.264. The largest absolute Gasteiger partial charge is 0.367 e. The van der Waals surface area contributed by atoms with Crippen molar-refractivity contribution in [2.75, 3.05) is 17.2 Å². The zero-order chi connectivity index (χ0) is 12.6. The Balaban J connectivity index is 1.93. The molecule has 18 heavy (non-hydrogen) atoms. The second-order valence-corrected chi connectivity index (χ2v) is 4.63. The molecule has 0 aromatic carbocycles. The molecule has 5 nitrogen and oxygen atoms in total. The molecule has 1 aromatic rings. The van der Waals surface area contributed by atoms with Crippen LogP contribution < -0.4 is 10.6 Å². The van der Waals surface area contributed by atoms with Crippen LogP contribution in [-0.4, -0.2) is 22.6 Å². The van der Waals surface area contributed by atoms with Crippen LogP contribution in [0.4, 0.5) is 11.6 Å². The molecule has 0 aliphatic heterocycles. The molecule has 0 radical (unpaired) electrons. The fourth-order valence-corrected chi connectivity index (χ4v) is 2.30. The van der Waals surface area contributed by atoms with E-state index in [1.165, 1.54) is 44.9 Å². The molecule has 0 amide bonds. The van der Waals surface area contributed by atoms with E-state index in [0.29, 0.717) is 11.9 Å². The lowest BCUT2D eigenvalue weighted by Gasteiger charge is -2.16. The lowest BCUT2D eigenvalue weighted by atomic mass is 10.1. The lowest BCUT2D eigenvalue weighted by Crippen LogP contribution is -2.19. The first-order chi connectivity index (χ1) is 8.88. The zero-order valence-electron chi connectivity index (χ0n) is 10.5. The highest BCUT2D eigenvalue weighted by atomic mass is 15.1. The lowest BCUT2D eigenvalue weighted by molar-refractivity contribution is 0.617. The predicted molar refractivity (Wildman–Crippen MR) is 71.2 cm³/mol. The van der Waals surface area contributed by atoms with Crippen molar-refractivity contribution in [1.29, 1.82) is 5.26 Å². The summed E-state index contributed by atoms with van der Waals surface area (Å²) >= 11 is 0. The van der Waals surface area contributed by atoms with Gasteiger partial charge in [-0.25, -0.2) is 9.97 Å². The minimum atomic E-state index is 0.264. The van der Waals surface area contributed by atoms with Gasteiger partial charge in [0.15, 0.2) is 0 Å². The fraction of sp³-hybridized carbons (Fsp3) is 0.615. The number of anilines is 2. The maximum atomic E-state index is 8.52. The number of nitrogens with zero attached hydrogens (tertiary/aromatic N) is 3. The van der Waals surface area contributed by atoms with Crippen molar-refractivity contribution in [1.82, 2.24) is 9.97 Å². The smallest absolute Gasteiger partial charge is 0.132 e. The molecular weight excluding hydrogens is 226 g/mol. The number of hydrogen-bond acceptors (Lipinski definition) is 5. The Kier molecular flexibility index (Phi) is 4.77. The highest BCUT2D eigenvalue weighted by Crippen LogP contribution is 2.20. The predicted octanol–water partition coefficient (Wildman–Crippen LogP) is 2.55. The SMILES string of the molecule is N#CCNc1cc(NC2CCCCCC2)ncn1. The summed E-state index contributed by atoms with van der Waals surface area (Å²) in [5.74, 6) is 1.54. The summed E-state index contributed by atoms with van der Waals surface area (Å²) in [6.45, 7) is 0.264. The van der Waals surface area contributed by atoms with Crippen LogP contribution in [0.25, 0.3) is 0 Å². The minimum Gasteiger partial charge on any atom is -0.367 e. The van der Waals surface area contributed by atoms with E-state index in [9.17, 15) is 0 Å².